The number of nitrogens with one attached hydrogen (secondary N) is 2. The lowest BCUT2D eigenvalue weighted by Gasteiger charge is -2.11. The average Bonchev–Trinajstić information content (AvgIpc) is 1.88. The lowest BCUT2D eigenvalue weighted by Crippen LogP contribution is -2.16. The minimum Gasteiger partial charge on any atom is -0.384 e. The number of hydrogen-bond donors (Lipinski definition) is 3. The van der Waals surface area contributed by atoms with Gasteiger partial charge in [-0.2, -0.15) is 0 Å². The maximum absolute atomic E-state index is 7.26. The third-order valence-corrected chi connectivity index (χ3v) is 1.64. The van der Waals surface area contributed by atoms with E-state index in [1.54, 1.807) is 0 Å². The fourth-order valence-electron chi connectivity index (χ4n) is 0.981. The van der Waals surface area contributed by atoms with Gasteiger partial charge < -0.3 is 11.1 Å². The summed E-state index contributed by atoms with van der Waals surface area (Å²) >= 11 is 0. The number of hydrogen-bond acceptors (Lipinski definition) is 2. The molecule has 0 amide bonds. The van der Waals surface area contributed by atoms with E-state index in [1.165, 1.54) is 0 Å². The standard InChI is InChI=1S/C7H11N3/c8-6-3-1-5(2-4-6)7(9)10/h1,8H,2-4H2,(H3,9,10). The molecule has 0 saturated heterocycles. The van der Waals surface area contributed by atoms with E-state index in [0.29, 0.717) is 6.42 Å². The van der Waals surface area contributed by atoms with E-state index in [0.717, 1.165) is 24.1 Å². The van der Waals surface area contributed by atoms with Crippen molar-refractivity contribution < 1.29 is 0 Å². The summed E-state index contributed by atoms with van der Waals surface area (Å²) in [4.78, 5) is 0. The SMILES string of the molecule is N=C1CC=C(C(=N)N)CC1. The highest BCUT2D eigenvalue weighted by Crippen LogP contribution is 2.13. The largest absolute Gasteiger partial charge is 0.384 e. The fraction of sp³-hybridized carbons (Fsp3) is 0.429. The van der Waals surface area contributed by atoms with Gasteiger partial charge in [0.25, 0.3) is 0 Å². The maximum Gasteiger partial charge on any atom is 0.118 e. The van der Waals surface area contributed by atoms with Crippen molar-refractivity contribution in [3.8, 4) is 0 Å². The predicted molar refractivity (Wildman–Crippen MR) is 41.6 cm³/mol. The van der Waals surface area contributed by atoms with Gasteiger partial charge in [0.1, 0.15) is 5.84 Å². The summed E-state index contributed by atoms with van der Waals surface area (Å²) in [5.74, 6) is 0.160. The van der Waals surface area contributed by atoms with Crippen LogP contribution in [0, 0.1) is 10.8 Å². The van der Waals surface area contributed by atoms with Crippen molar-refractivity contribution >= 4 is 11.5 Å². The Bertz CT molecular complexity index is 203. The monoisotopic (exact) mass is 137 g/mol. The van der Waals surface area contributed by atoms with Crippen LogP contribution in [-0.4, -0.2) is 11.5 Å². The molecule has 0 atom stereocenters. The molecule has 0 aromatic heterocycles. The molecule has 1 rings (SSSR count). The summed E-state index contributed by atoms with van der Waals surface area (Å²) in [6.07, 6.45) is 4.09. The van der Waals surface area contributed by atoms with E-state index in [2.05, 4.69) is 0 Å². The van der Waals surface area contributed by atoms with Crippen LogP contribution in [0.4, 0.5) is 0 Å². The van der Waals surface area contributed by atoms with Crippen molar-refractivity contribution in [3.63, 3.8) is 0 Å². The zero-order valence-corrected chi connectivity index (χ0v) is 5.78. The molecule has 3 heteroatoms. The third kappa shape index (κ3) is 1.43. The number of nitrogens with two attached hydrogens (primary N) is 1. The number of rotatable bonds is 1. The first-order valence-electron chi connectivity index (χ1n) is 3.30. The molecule has 3 nitrogen and oxygen atoms in total. The van der Waals surface area contributed by atoms with E-state index in [1.807, 2.05) is 6.08 Å². The van der Waals surface area contributed by atoms with Crippen LogP contribution in [0.3, 0.4) is 0 Å². The summed E-state index contributed by atoms with van der Waals surface area (Å²) in [7, 11) is 0. The summed E-state index contributed by atoms with van der Waals surface area (Å²) < 4.78 is 0. The second-order valence-corrected chi connectivity index (χ2v) is 2.45. The molecule has 0 saturated carbocycles. The summed E-state index contributed by atoms with van der Waals surface area (Å²) in [5, 5.41) is 14.4. The van der Waals surface area contributed by atoms with Gasteiger partial charge in [-0.05, 0) is 18.4 Å². The van der Waals surface area contributed by atoms with Crippen molar-refractivity contribution in [2.45, 2.75) is 19.3 Å². The lowest BCUT2D eigenvalue weighted by molar-refractivity contribution is 0.978. The van der Waals surface area contributed by atoms with Crippen LogP contribution in [0.1, 0.15) is 19.3 Å². The molecule has 0 aromatic carbocycles. The van der Waals surface area contributed by atoms with Crippen LogP contribution in [0.15, 0.2) is 11.6 Å². The molecular formula is C7H11N3. The van der Waals surface area contributed by atoms with Crippen LogP contribution in [0.2, 0.25) is 0 Å². The van der Waals surface area contributed by atoms with Crippen LogP contribution in [0.5, 0.6) is 0 Å². The Morgan fingerprint density at radius 3 is 2.60 bits per heavy atom. The van der Waals surface area contributed by atoms with Crippen molar-refractivity contribution in [2.24, 2.45) is 5.73 Å². The molecule has 54 valence electrons. The molecule has 1 aliphatic carbocycles. The molecule has 0 spiro atoms. The lowest BCUT2D eigenvalue weighted by atomic mass is 9.97. The van der Waals surface area contributed by atoms with Crippen molar-refractivity contribution in [1.29, 1.82) is 10.8 Å². The Balaban J connectivity index is 2.65. The smallest absolute Gasteiger partial charge is 0.118 e. The van der Waals surface area contributed by atoms with Crippen LogP contribution < -0.4 is 5.73 Å². The number of allylic oxidation sites excluding steroid dienone is 1. The molecule has 0 aliphatic heterocycles. The second-order valence-electron chi connectivity index (χ2n) is 2.45. The average molecular weight is 137 g/mol. The van der Waals surface area contributed by atoms with Crippen molar-refractivity contribution in [1.82, 2.24) is 0 Å². The van der Waals surface area contributed by atoms with Gasteiger partial charge in [0.15, 0.2) is 0 Å². The highest BCUT2D eigenvalue weighted by Gasteiger charge is 2.08. The molecule has 0 heterocycles. The first-order chi connectivity index (χ1) is 4.70. The molecule has 0 unspecified atom stereocenters. The van der Waals surface area contributed by atoms with E-state index < -0.39 is 0 Å². The van der Waals surface area contributed by atoms with Gasteiger partial charge in [-0.3, -0.25) is 5.41 Å². The molecule has 1 aliphatic rings. The van der Waals surface area contributed by atoms with Crippen molar-refractivity contribution in [2.75, 3.05) is 0 Å². The van der Waals surface area contributed by atoms with Crippen LogP contribution in [-0.2, 0) is 0 Å². The van der Waals surface area contributed by atoms with Gasteiger partial charge in [-0.25, -0.2) is 0 Å². The molecule has 0 bridgehead atoms. The fourth-order valence-corrected chi connectivity index (χ4v) is 0.981. The van der Waals surface area contributed by atoms with E-state index >= 15 is 0 Å². The third-order valence-electron chi connectivity index (χ3n) is 1.64. The Kier molecular flexibility index (Phi) is 1.85. The highest BCUT2D eigenvalue weighted by molar-refractivity contribution is 5.97. The highest BCUT2D eigenvalue weighted by atomic mass is 14.7. The zero-order chi connectivity index (χ0) is 7.56. The second kappa shape index (κ2) is 2.64. The summed E-state index contributed by atoms with van der Waals surface area (Å²) in [6.45, 7) is 0. The first-order valence-corrected chi connectivity index (χ1v) is 3.30. The zero-order valence-electron chi connectivity index (χ0n) is 5.78. The topological polar surface area (TPSA) is 73.7 Å². The minimum atomic E-state index is 0.160. The normalized spacial score (nSPS) is 18.4. The van der Waals surface area contributed by atoms with Gasteiger partial charge in [0, 0.05) is 12.1 Å². The Labute approximate surface area is 59.9 Å². The molecular weight excluding hydrogens is 126 g/mol. The van der Waals surface area contributed by atoms with E-state index in [4.69, 9.17) is 16.6 Å². The van der Waals surface area contributed by atoms with Gasteiger partial charge in [0.05, 0.1) is 0 Å². The number of amidine groups is 1. The molecule has 0 fully saturated rings. The van der Waals surface area contributed by atoms with Crippen LogP contribution in [0.25, 0.3) is 0 Å². The molecule has 0 aromatic rings. The van der Waals surface area contributed by atoms with Gasteiger partial charge in [-0.15, -0.1) is 0 Å². The quantitative estimate of drug-likeness (QED) is 0.367. The maximum atomic E-state index is 7.26. The summed E-state index contributed by atoms with van der Waals surface area (Å²) in [5.41, 5.74) is 6.90. The molecule has 10 heavy (non-hydrogen) atoms. The van der Waals surface area contributed by atoms with Crippen molar-refractivity contribution in [3.05, 3.63) is 11.6 Å². The van der Waals surface area contributed by atoms with Crippen LogP contribution >= 0.6 is 0 Å². The van der Waals surface area contributed by atoms with Gasteiger partial charge >= 0.3 is 0 Å². The summed E-state index contributed by atoms with van der Waals surface area (Å²) in [6, 6.07) is 0. The Morgan fingerprint density at radius 2 is 2.20 bits per heavy atom. The van der Waals surface area contributed by atoms with Gasteiger partial charge in [-0.1, -0.05) is 6.08 Å². The van der Waals surface area contributed by atoms with E-state index in [9.17, 15) is 0 Å². The molecule has 0 radical (unpaired) electrons. The minimum absolute atomic E-state index is 0.160. The predicted octanol–water partition coefficient (Wildman–Crippen LogP) is 1.05. The van der Waals surface area contributed by atoms with Gasteiger partial charge in [0.2, 0.25) is 0 Å². The van der Waals surface area contributed by atoms with E-state index in [-0.39, 0.29) is 5.84 Å². The Morgan fingerprint density at radius 1 is 1.50 bits per heavy atom. The molecule has 4 N–H and O–H groups in total. The first kappa shape index (κ1) is 6.99. The Hall–Kier alpha value is -1.12.